The zero-order valence-corrected chi connectivity index (χ0v) is 19.3. The van der Waals surface area contributed by atoms with Crippen molar-refractivity contribution in [3.63, 3.8) is 0 Å². The van der Waals surface area contributed by atoms with E-state index in [9.17, 15) is 23.3 Å². The van der Waals surface area contributed by atoms with E-state index in [4.69, 9.17) is 4.74 Å². The molecular formula is C22H25N5O5S. The highest BCUT2D eigenvalue weighted by Crippen LogP contribution is 2.27. The minimum absolute atomic E-state index is 0.218. The number of carbonyl (C=O) groups excluding carboxylic acids is 2. The van der Waals surface area contributed by atoms with Crippen LogP contribution < -0.4 is 9.62 Å². The summed E-state index contributed by atoms with van der Waals surface area (Å²) in [4.78, 5) is 34.8. The maximum absolute atomic E-state index is 12.6. The first-order valence-electron chi connectivity index (χ1n) is 10.5. The summed E-state index contributed by atoms with van der Waals surface area (Å²) < 4.78 is 31.9. The Morgan fingerprint density at radius 1 is 1.33 bits per heavy atom. The molecule has 3 rings (SSSR count). The van der Waals surface area contributed by atoms with E-state index in [2.05, 4.69) is 20.8 Å². The van der Waals surface area contributed by atoms with E-state index in [1.807, 2.05) is 4.90 Å². The molecule has 0 unspecified atom stereocenters. The molecule has 0 spiro atoms. The predicted molar refractivity (Wildman–Crippen MR) is 120 cm³/mol. The summed E-state index contributed by atoms with van der Waals surface area (Å²) in [6.45, 7) is 4.42. The van der Waals surface area contributed by atoms with Gasteiger partial charge in [0.15, 0.2) is 0 Å². The summed E-state index contributed by atoms with van der Waals surface area (Å²) in [5.41, 5.74) is 1.42. The van der Waals surface area contributed by atoms with E-state index < -0.39 is 27.8 Å². The smallest absolute Gasteiger partial charge is 0.340 e. The Labute approximate surface area is 192 Å². The normalized spacial score (nSPS) is 14.4. The first kappa shape index (κ1) is 24.1. The molecule has 1 amide bonds. The van der Waals surface area contributed by atoms with E-state index in [1.165, 1.54) is 12.3 Å². The Bertz CT molecular complexity index is 1170. The van der Waals surface area contributed by atoms with Crippen LogP contribution in [0, 0.1) is 24.2 Å². The van der Waals surface area contributed by atoms with Crippen LogP contribution in [-0.2, 0) is 25.3 Å². The minimum Gasteiger partial charge on any atom is -0.462 e. The molecule has 2 aromatic rings. The Hall–Kier alpha value is -3.52. The second-order valence-electron chi connectivity index (χ2n) is 7.67. The van der Waals surface area contributed by atoms with Gasteiger partial charge < -0.3 is 9.64 Å². The summed E-state index contributed by atoms with van der Waals surface area (Å²) >= 11 is 0. The Morgan fingerprint density at radius 2 is 2.06 bits per heavy atom. The number of aromatic nitrogens is 2. The number of anilines is 1. The standard InChI is InChI=1S/C22H25N5O5S/c1-3-32-22(29)19-11-18(12-23)20(25-15(19)2)27-9-6-17(7-10-27)21(28)26-33(30,31)14-16-5-4-8-24-13-16/h4-5,8,11,13,17H,3,6-7,9-10,14H2,1-2H3,(H,26,28). The maximum Gasteiger partial charge on any atom is 0.340 e. The van der Waals surface area contributed by atoms with E-state index in [0.717, 1.165) is 0 Å². The SMILES string of the molecule is CCOC(=O)c1cc(C#N)c(N2CCC(C(=O)NS(=O)(=O)Cc3cccnc3)CC2)nc1C. The van der Waals surface area contributed by atoms with Crippen LogP contribution in [0.5, 0.6) is 0 Å². The van der Waals surface area contributed by atoms with E-state index in [0.29, 0.717) is 43.0 Å². The zero-order chi connectivity index (χ0) is 24.0. The van der Waals surface area contributed by atoms with Gasteiger partial charge in [-0.05, 0) is 44.4 Å². The third kappa shape index (κ3) is 6.04. The largest absolute Gasteiger partial charge is 0.462 e. The molecular weight excluding hydrogens is 446 g/mol. The van der Waals surface area contributed by atoms with Gasteiger partial charge in [-0.3, -0.25) is 14.5 Å². The molecule has 0 radical (unpaired) electrons. The number of nitrogens with one attached hydrogen (secondary N) is 1. The summed E-state index contributed by atoms with van der Waals surface area (Å²) in [7, 11) is -3.84. The lowest BCUT2D eigenvalue weighted by atomic mass is 9.96. The molecule has 0 aliphatic carbocycles. The predicted octanol–water partition coefficient (Wildman–Crippen LogP) is 1.70. The second-order valence-corrected chi connectivity index (χ2v) is 9.40. The Kier molecular flexibility index (Phi) is 7.60. The molecule has 0 atom stereocenters. The van der Waals surface area contributed by atoms with Crippen molar-refractivity contribution in [2.75, 3.05) is 24.6 Å². The van der Waals surface area contributed by atoms with Gasteiger partial charge in [-0.2, -0.15) is 5.26 Å². The Morgan fingerprint density at radius 3 is 2.67 bits per heavy atom. The molecule has 1 aliphatic rings. The molecule has 0 aromatic carbocycles. The van der Waals surface area contributed by atoms with Gasteiger partial charge in [0.05, 0.1) is 29.2 Å². The van der Waals surface area contributed by atoms with Gasteiger partial charge in [0.2, 0.25) is 15.9 Å². The molecule has 0 bridgehead atoms. The van der Waals surface area contributed by atoms with Gasteiger partial charge in [0.25, 0.3) is 0 Å². The number of ether oxygens (including phenoxy) is 1. The molecule has 0 saturated carbocycles. The van der Waals surface area contributed by atoms with Crippen molar-refractivity contribution in [2.24, 2.45) is 5.92 Å². The van der Waals surface area contributed by atoms with Gasteiger partial charge in [0.1, 0.15) is 11.9 Å². The number of esters is 1. The summed E-state index contributed by atoms with van der Waals surface area (Å²) in [6.07, 6.45) is 3.79. The average molecular weight is 472 g/mol. The number of pyridine rings is 2. The first-order valence-corrected chi connectivity index (χ1v) is 12.2. The van der Waals surface area contributed by atoms with Gasteiger partial charge in [-0.15, -0.1) is 0 Å². The molecule has 10 nitrogen and oxygen atoms in total. The number of nitrogens with zero attached hydrogens (tertiary/aromatic N) is 4. The van der Waals surface area contributed by atoms with Crippen LogP contribution in [-0.4, -0.2) is 50.0 Å². The number of amides is 1. The number of hydrogen-bond acceptors (Lipinski definition) is 9. The number of hydrogen-bond donors (Lipinski definition) is 1. The highest BCUT2D eigenvalue weighted by molar-refractivity contribution is 7.89. The highest BCUT2D eigenvalue weighted by atomic mass is 32.2. The number of sulfonamides is 1. The average Bonchev–Trinajstić information content (AvgIpc) is 2.79. The third-order valence-electron chi connectivity index (χ3n) is 5.31. The first-order chi connectivity index (χ1) is 15.7. The van der Waals surface area contributed by atoms with Crippen molar-refractivity contribution in [3.05, 3.63) is 53.0 Å². The van der Waals surface area contributed by atoms with Crippen molar-refractivity contribution in [1.82, 2.24) is 14.7 Å². The lowest BCUT2D eigenvalue weighted by Crippen LogP contribution is -2.43. The van der Waals surface area contributed by atoms with Crippen LogP contribution >= 0.6 is 0 Å². The van der Waals surface area contributed by atoms with E-state index in [1.54, 1.807) is 32.2 Å². The molecule has 2 aromatic heterocycles. The molecule has 174 valence electrons. The second kappa shape index (κ2) is 10.4. The van der Waals surface area contributed by atoms with Crippen LogP contribution in [0.2, 0.25) is 0 Å². The Balaban J connectivity index is 1.64. The number of carbonyl (C=O) groups is 2. The molecule has 1 N–H and O–H groups in total. The van der Waals surface area contributed by atoms with Crippen molar-refractivity contribution in [1.29, 1.82) is 5.26 Å². The molecule has 1 saturated heterocycles. The highest BCUT2D eigenvalue weighted by Gasteiger charge is 2.30. The fourth-order valence-electron chi connectivity index (χ4n) is 3.66. The van der Waals surface area contributed by atoms with Crippen molar-refractivity contribution >= 4 is 27.7 Å². The van der Waals surface area contributed by atoms with Crippen LogP contribution in [0.3, 0.4) is 0 Å². The zero-order valence-electron chi connectivity index (χ0n) is 18.4. The molecule has 11 heteroatoms. The third-order valence-corrected chi connectivity index (χ3v) is 6.54. The number of piperidine rings is 1. The van der Waals surface area contributed by atoms with E-state index in [-0.39, 0.29) is 23.5 Å². The summed E-state index contributed by atoms with van der Waals surface area (Å²) in [5, 5.41) is 9.56. The summed E-state index contributed by atoms with van der Waals surface area (Å²) in [6, 6.07) is 6.80. The topological polar surface area (TPSA) is 142 Å². The summed E-state index contributed by atoms with van der Waals surface area (Å²) in [5.74, 6) is -1.44. The van der Waals surface area contributed by atoms with Crippen LogP contribution in [0.25, 0.3) is 0 Å². The maximum atomic E-state index is 12.6. The van der Waals surface area contributed by atoms with Crippen molar-refractivity contribution in [2.45, 2.75) is 32.4 Å². The minimum atomic E-state index is -3.84. The quantitative estimate of drug-likeness (QED) is 0.597. The monoisotopic (exact) mass is 471 g/mol. The van der Waals surface area contributed by atoms with Crippen LogP contribution in [0.1, 0.15) is 46.9 Å². The number of nitriles is 1. The van der Waals surface area contributed by atoms with Crippen molar-refractivity contribution < 1.29 is 22.7 Å². The fraction of sp³-hybridized carbons (Fsp3) is 0.409. The molecule has 1 fully saturated rings. The lowest BCUT2D eigenvalue weighted by Gasteiger charge is -2.32. The van der Waals surface area contributed by atoms with Crippen molar-refractivity contribution in [3.8, 4) is 6.07 Å². The molecule has 3 heterocycles. The molecule has 1 aliphatic heterocycles. The van der Waals surface area contributed by atoms with Gasteiger partial charge in [-0.25, -0.2) is 18.2 Å². The van der Waals surface area contributed by atoms with Gasteiger partial charge >= 0.3 is 5.97 Å². The fourth-order valence-corrected chi connectivity index (χ4v) is 4.82. The van der Waals surface area contributed by atoms with Gasteiger partial charge in [-0.1, -0.05) is 6.07 Å². The number of rotatable bonds is 7. The van der Waals surface area contributed by atoms with E-state index >= 15 is 0 Å². The lowest BCUT2D eigenvalue weighted by molar-refractivity contribution is -0.123. The van der Waals surface area contributed by atoms with Crippen LogP contribution in [0.15, 0.2) is 30.6 Å². The van der Waals surface area contributed by atoms with Gasteiger partial charge in [0, 0.05) is 31.4 Å². The number of aryl methyl sites for hydroxylation is 1. The molecule has 33 heavy (non-hydrogen) atoms. The van der Waals surface area contributed by atoms with Crippen LogP contribution in [0.4, 0.5) is 5.82 Å².